The quantitative estimate of drug-likeness (QED) is 0.191. The molecule has 8 heteroatoms. The summed E-state index contributed by atoms with van der Waals surface area (Å²) in [6.45, 7) is 2.24. The maximum absolute atomic E-state index is 13.5. The molecule has 12 bridgehead atoms. The normalized spacial score (nSPS) is 13.4. The minimum atomic E-state index is -0.0141. The highest BCUT2D eigenvalue weighted by Gasteiger charge is 2.21. The van der Waals surface area contributed by atoms with E-state index in [1.807, 2.05) is 140 Å². The average Bonchev–Trinajstić information content (AvgIpc) is 3.68. The first-order valence-corrected chi connectivity index (χ1v) is 16.7. The summed E-state index contributed by atoms with van der Waals surface area (Å²) in [5.41, 5.74) is 10.8. The van der Waals surface area contributed by atoms with Gasteiger partial charge in [0.05, 0.1) is 10.4 Å². The van der Waals surface area contributed by atoms with Gasteiger partial charge >= 0.3 is 0 Å². The van der Waals surface area contributed by atoms with Crippen molar-refractivity contribution in [3.63, 3.8) is 0 Å². The van der Waals surface area contributed by atoms with Crippen molar-refractivity contribution >= 4 is 33.6 Å². The van der Waals surface area contributed by atoms with Gasteiger partial charge in [-0.2, -0.15) is 0 Å². The Morgan fingerprint density at radius 1 is 0.400 bits per heavy atom. The minimum absolute atomic E-state index is 0.0141. The predicted molar refractivity (Wildman–Crippen MR) is 189 cm³/mol. The zero-order valence-electron chi connectivity index (χ0n) is 27.2. The van der Waals surface area contributed by atoms with E-state index >= 15 is 0 Å². The number of carbonyl (C=O) groups excluding carboxylic acids is 2. The van der Waals surface area contributed by atoms with E-state index in [2.05, 4.69) is 24.3 Å². The fraction of sp³-hybridized carbons (Fsp3) is 0.0952. The van der Waals surface area contributed by atoms with Crippen molar-refractivity contribution in [1.82, 2.24) is 19.8 Å². The molecule has 0 saturated heterocycles. The molecule has 240 valence electrons. The Balaban J connectivity index is 1.10. The maximum Gasteiger partial charge on any atom is 0.198 e. The molecule has 0 radical (unpaired) electrons. The van der Waals surface area contributed by atoms with Gasteiger partial charge in [-0.3, -0.25) is 9.59 Å². The SMILES string of the molecule is O=C1c2ccc(cc2)Cn2n[n+](c3ccccc32)Cc2ccc(cc2)C(=O)c2ccc(cc2)C[n+]2nn(c3ccccc32)Cc2ccc1cc2. The minimum Gasteiger partial charge on any atom is -0.289 e. The number of aromatic nitrogens is 6. The average molecular weight is 653 g/mol. The molecular formula is C42H32N6O2+2. The zero-order chi connectivity index (χ0) is 33.6. The van der Waals surface area contributed by atoms with Crippen molar-refractivity contribution in [2.24, 2.45) is 0 Å². The molecule has 0 spiro atoms. The van der Waals surface area contributed by atoms with Crippen molar-refractivity contribution in [3.05, 3.63) is 190 Å². The van der Waals surface area contributed by atoms with E-state index in [1.165, 1.54) is 0 Å². The molecule has 0 atom stereocenters. The Morgan fingerprint density at radius 3 is 1.08 bits per heavy atom. The molecule has 50 heavy (non-hydrogen) atoms. The third-order valence-electron chi connectivity index (χ3n) is 9.50. The van der Waals surface area contributed by atoms with Crippen LogP contribution in [0.1, 0.15) is 54.1 Å². The lowest BCUT2D eigenvalue weighted by atomic mass is 10.0. The summed E-state index contributed by atoms with van der Waals surface area (Å²) in [5, 5.41) is 9.90. The van der Waals surface area contributed by atoms with Gasteiger partial charge in [0.1, 0.15) is 26.2 Å². The van der Waals surface area contributed by atoms with E-state index in [-0.39, 0.29) is 11.6 Å². The molecule has 0 amide bonds. The summed E-state index contributed by atoms with van der Waals surface area (Å²) in [4.78, 5) is 26.9. The van der Waals surface area contributed by atoms with Crippen LogP contribution in [-0.4, -0.2) is 31.4 Å². The molecule has 0 aliphatic carbocycles. The molecule has 9 heterocycles. The van der Waals surface area contributed by atoms with Gasteiger partial charge < -0.3 is 0 Å². The number of para-hydroxylation sites is 4. The smallest absolute Gasteiger partial charge is 0.198 e. The standard InChI is InChI=1S/C42H32N6O2/c49-41-33-17-9-29(10-18-33)25-45-37-5-1-2-6-38(37)46(43-45)26-30-11-19-34(20-12-30)42(50)36-23-15-32(16-24-36)28-48-40-8-4-3-7-39(40)47(44-48)27-31-13-21-35(41)22-14-31/h1-24H,25-28H2/q+2. The Morgan fingerprint density at radius 2 is 0.720 bits per heavy atom. The van der Waals surface area contributed by atoms with E-state index in [1.54, 1.807) is 0 Å². The van der Waals surface area contributed by atoms with Crippen molar-refractivity contribution in [2.45, 2.75) is 26.2 Å². The van der Waals surface area contributed by atoms with Gasteiger partial charge in [-0.05, 0) is 46.5 Å². The third-order valence-corrected chi connectivity index (χ3v) is 9.50. The van der Waals surface area contributed by atoms with Gasteiger partial charge in [0.2, 0.25) is 0 Å². The second-order valence-electron chi connectivity index (χ2n) is 12.8. The summed E-state index contributed by atoms with van der Waals surface area (Å²) in [7, 11) is 0. The lowest BCUT2D eigenvalue weighted by Crippen LogP contribution is -2.37. The molecular weight excluding hydrogens is 621 g/mol. The molecule has 7 aliphatic heterocycles. The molecule has 2 aromatic heterocycles. The number of rotatable bonds is 0. The van der Waals surface area contributed by atoms with E-state index in [4.69, 9.17) is 10.4 Å². The number of fused-ring (bicyclic) bond motifs is 2. The molecule has 0 N–H and O–H groups in total. The first-order chi connectivity index (χ1) is 24.6. The largest absolute Gasteiger partial charge is 0.289 e. The van der Waals surface area contributed by atoms with Gasteiger partial charge in [0, 0.05) is 22.3 Å². The number of carbonyl (C=O) groups is 2. The molecule has 7 aliphatic rings. The van der Waals surface area contributed by atoms with Gasteiger partial charge in [0.25, 0.3) is 0 Å². The lowest BCUT2D eigenvalue weighted by molar-refractivity contribution is -0.724. The Kier molecular flexibility index (Phi) is 7.20. The molecule has 15 rings (SSSR count). The predicted octanol–water partition coefficient (Wildman–Crippen LogP) is 5.93. The number of benzene rings is 6. The van der Waals surface area contributed by atoms with Crippen LogP contribution in [0.25, 0.3) is 22.1 Å². The lowest BCUT2D eigenvalue weighted by Gasteiger charge is -2.05. The summed E-state index contributed by atoms with van der Waals surface area (Å²) in [6.07, 6.45) is 0. The summed E-state index contributed by atoms with van der Waals surface area (Å²) < 4.78 is 7.97. The van der Waals surface area contributed by atoms with Crippen molar-refractivity contribution < 1.29 is 19.0 Å². The van der Waals surface area contributed by atoms with E-state index in [9.17, 15) is 9.59 Å². The second-order valence-corrected chi connectivity index (χ2v) is 12.8. The summed E-state index contributed by atoms with van der Waals surface area (Å²) in [6, 6.07) is 47.5. The first-order valence-electron chi connectivity index (χ1n) is 16.7. The number of ketones is 2. The summed E-state index contributed by atoms with van der Waals surface area (Å²) in [5.74, 6) is -0.0282. The van der Waals surface area contributed by atoms with E-state index < -0.39 is 0 Å². The Bertz CT molecular complexity index is 2190. The second kappa shape index (κ2) is 12.2. The third kappa shape index (κ3) is 5.46. The molecule has 0 unspecified atom stereocenters. The first kappa shape index (κ1) is 29.6. The van der Waals surface area contributed by atoms with Crippen LogP contribution in [0.2, 0.25) is 0 Å². The molecule has 0 saturated carbocycles. The van der Waals surface area contributed by atoms with E-state index in [0.29, 0.717) is 48.4 Å². The molecule has 6 aromatic carbocycles. The van der Waals surface area contributed by atoms with Crippen molar-refractivity contribution in [2.75, 3.05) is 0 Å². The van der Waals surface area contributed by atoms with Gasteiger partial charge in [-0.1, -0.05) is 121 Å². The molecule has 8 nitrogen and oxygen atoms in total. The van der Waals surface area contributed by atoms with Crippen LogP contribution in [0, 0.1) is 0 Å². The summed E-state index contributed by atoms with van der Waals surface area (Å²) >= 11 is 0. The fourth-order valence-electron chi connectivity index (χ4n) is 6.79. The number of hydrogen-bond acceptors (Lipinski definition) is 4. The highest BCUT2D eigenvalue weighted by atomic mass is 16.1. The Hall–Kier alpha value is -6.54. The molecule has 8 aromatic rings. The van der Waals surface area contributed by atoms with E-state index in [0.717, 1.165) is 44.3 Å². The zero-order valence-corrected chi connectivity index (χ0v) is 27.2. The topological polar surface area (TPSA) is 77.5 Å². The van der Waals surface area contributed by atoms with Crippen LogP contribution in [0.3, 0.4) is 0 Å². The van der Waals surface area contributed by atoms with Gasteiger partial charge in [0.15, 0.2) is 33.6 Å². The van der Waals surface area contributed by atoms with Crippen molar-refractivity contribution in [1.29, 1.82) is 0 Å². The van der Waals surface area contributed by atoms with Crippen LogP contribution in [0.4, 0.5) is 0 Å². The van der Waals surface area contributed by atoms with Crippen LogP contribution in [-0.2, 0) is 26.2 Å². The Labute approximate surface area is 288 Å². The van der Waals surface area contributed by atoms with Gasteiger partial charge in [-0.25, -0.2) is 0 Å². The van der Waals surface area contributed by atoms with Crippen LogP contribution in [0.15, 0.2) is 146 Å². The van der Waals surface area contributed by atoms with Crippen LogP contribution in [0.5, 0.6) is 0 Å². The highest BCUT2D eigenvalue weighted by molar-refractivity contribution is 6.09. The van der Waals surface area contributed by atoms with Crippen LogP contribution >= 0.6 is 0 Å². The van der Waals surface area contributed by atoms with Crippen LogP contribution < -0.4 is 9.36 Å². The fourth-order valence-corrected chi connectivity index (χ4v) is 6.79. The number of nitrogens with zero attached hydrogens (tertiary/aromatic N) is 6. The monoisotopic (exact) mass is 652 g/mol. The van der Waals surface area contributed by atoms with Gasteiger partial charge in [-0.15, -0.1) is 18.7 Å². The number of hydrogen-bond donors (Lipinski definition) is 0. The maximum atomic E-state index is 13.5. The highest BCUT2D eigenvalue weighted by Crippen LogP contribution is 2.19. The molecule has 0 fully saturated rings. The van der Waals surface area contributed by atoms with Crippen molar-refractivity contribution in [3.8, 4) is 0 Å².